The molecule has 0 unspecified atom stereocenters. The molecule has 102 valence electrons. The smallest absolute Gasteiger partial charge is 0.433 e. The van der Waals surface area contributed by atoms with E-state index < -0.39 is 35.0 Å². The highest BCUT2D eigenvalue weighted by Crippen LogP contribution is 2.26. The van der Waals surface area contributed by atoms with Crippen molar-refractivity contribution in [3.8, 4) is 0 Å². The Bertz CT molecular complexity index is 688. The maximum absolute atomic E-state index is 12.4. The van der Waals surface area contributed by atoms with Crippen LogP contribution in [0.15, 0.2) is 10.9 Å². The standard InChI is InChI=1S/C9H7F3N4O3/c1-2-19-7(18)6-14-8-13-4(9(10,11)12)3-5(17)16(8)15-6/h3H,2H2,1H3,(H,13,14,15). The van der Waals surface area contributed by atoms with Crippen molar-refractivity contribution < 1.29 is 22.7 Å². The fourth-order valence-corrected chi connectivity index (χ4v) is 1.32. The van der Waals surface area contributed by atoms with Crippen LogP contribution in [0.2, 0.25) is 0 Å². The molecule has 7 nitrogen and oxygen atoms in total. The molecular formula is C9H7F3N4O3. The minimum absolute atomic E-state index is 0.0615. The van der Waals surface area contributed by atoms with Crippen molar-refractivity contribution in [3.05, 3.63) is 27.9 Å². The van der Waals surface area contributed by atoms with Gasteiger partial charge in [-0.2, -0.15) is 22.7 Å². The van der Waals surface area contributed by atoms with Crippen LogP contribution in [0.3, 0.4) is 0 Å². The Labute approximate surface area is 103 Å². The Morgan fingerprint density at radius 1 is 1.47 bits per heavy atom. The van der Waals surface area contributed by atoms with E-state index in [2.05, 4.69) is 19.8 Å². The molecule has 2 aromatic rings. The summed E-state index contributed by atoms with van der Waals surface area (Å²) in [6.45, 7) is 1.61. The van der Waals surface area contributed by atoms with Crippen molar-refractivity contribution in [3.63, 3.8) is 0 Å². The Kier molecular flexibility index (Phi) is 3.00. The molecule has 0 fully saturated rings. The van der Waals surface area contributed by atoms with Gasteiger partial charge >= 0.3 is 12.1 Å². The van der Waals surface area contributed by atoms with E-state index in [9.17, 15) is 22.8 Å². The van der Waals surface area contributed by atoms with Gasteiger partial charge in [-0.15, -0.1) is 0 Å². The van der Waals surface area contributed by atoms with Crippen LogP contribution in [0.25, 0.3) is 5.78 Å². The number of aromatic nitrogens is 4. The second-order valence-electron chi connectivity index (χ2n) is 3.41. The van der Waals surface area contributed by atoms with Crippen molar-refractivity contribution in [1.82, 2.24) is 19.6 Å². The highest BCUT2D eigenvalue weighted by Gasteiger charge is 2.34. The van der Waals surface area contributed by atoms with E-state index in [4.69, 9.17) is 0 Å². The van der Waals surface area contributed by atoms with Crippen LogP contribution in [0.5, 0.6) is 0 Å². The van der Waals surface area contributed by atoms with E-state index in [0.29, 0.717) is 10.6 Å². The zero-order valence-electron chi connectivity index (χ0n) is 9.48. The molecule has 0 radical (unpaired) electrons. The van der Waals surface area contributed by atoms with Crippen molar-refractivity contribution in [1.29, 1.82) is 0 Å². The van der Waals surface area contributed by atoms with Crippen molar-refractivity contribution in [2.45, 2.75) is 13.1 Å². The molecule has 0 aliphatic heterocycles. The van der Waals surface area contributed by atoms with E-state index >= 15 is 0 Å². The van der Waals surface area contributed by atoms with Gasteiger partial charge in [0.15, 0.2) is 5.69 Å². The van der Waals surface area contributed by atoms with Crippen LogP contribution >= 0.6 is 0 Å². The fraction of sp³-hybridized carbons (Fsp3) is 0.333. The summed E-state index contributed by atoms with van der Waals surface area (Å²) in [5, 5.41) is 2.22. The summed E-state index contributed by atoms with van der Waals surface area (Å²) in [5.41, 5.74) is -2.40. The molecule has 0 spiro atoms. The molecule has 0 aromatic carbocycles. The number of hydrogen-bond donors (Lipinski definition) is 1. The van der Waals surface area contributed by atoms with Gasteiger partial charge in [0.1, 0.15) is 0 Å². The number of aromatic amines is 1. The third kappa shape index (κ3) is 2.41. The SMILES string of the molecule is CCOC(=O)c1nc2nc(C(F)(F)F)cc(=O)n2[nH]1. The van der Waals surface area contributed by atoms with Gasteiger partial charge in [0, 0.05) is 6.07 Å². The lowest BCUT2D eigenvalue weighted by Gasteiger charge is -2.03. The first-order valence-electron chi connectivity index (χ1n) is 5.07. The summed E-state index contributed by atoms with van der Waals surface area (Å²) in [5.74, 6) is -1.84. The first-order valence-corrected chi connectivity index (χ1v) is 5.07. The molecule has 0 amide bonds. The Morgan fingerprint density at radius 3 is 2.74 bits per heavy atom. The van der Waals surface area contributed by atoms with Gasteiger partial charge in [0.25, 0.3) is 11.3 Å². The number of nitrogens with zero attached hydrogens (tertiary/aromatic N) is 3. The second kappa shape index (κ2) is 4.37. The van der Waals surface area contributed by atoms with Crippen LogP contribution in [0, 0.1) is 0 Å². The van der Waals surface area contributed by atoms with E-state index in [0.717, 1.165) is 0 Å². The van der Waals surface area contributed by atoms with Crippen LogP contribution in [0.4, 0.5) is 13.2 Å². The van der Waals surface area contributed by atoms with Crippen LogP contribution in [-0.2, 0) is 10.9 Å². The molecular weight excluding hydrogens is 269 g/mol. The third-order valence-corrected chi connectivity index (χ3v) is 2.09. The van der Waals surface area contributed by atoms with Gasteiger partial charge < -0.3 is 4.74 Å². The van der Waals surface area contributed by atoms with Crippen molar-refractivity contribution in [2.24, 2.45) is 0 Å². The molecule has 0 saturated heterocycles. The zero-order chi connectivity index (χ0) is 14.2. The predicted molar refractivity (Wildman–Crippen MR) is 54.6 cm³/mol. The van der Waals surface area contributed by atoms with Gasteiger partial charge in [-0.25, -0.2) is 9.78 Å². The van der Waals surface area contributed by atoms with E-state index in [1.165, 1.54) is 0 Å². The summed E-state index contributed by atoms with van der Waals surface area (Å²) in [6, 6.07) is 0.306. The summed E-state index contributed by atoms with van der Waals surface area (Å²) in [6.07, 6.45) is -4.77. The largest absolute Gasteiger partial charge is 0.460 e. The van der Waals surface area contributed by atoms with Gasteiger partial charge in [-0.3, -0.25) is 9.89 Å². The number of rotatable bonds is 2. The molecule has 2 heterocycles. The minimum Gasteiger partial charge on any atom is -0.460 e. The molecule has 0 aliphatic rings. The number of hydrogen-bond acceptors (Lipinski definition) is 5. The number of ether oxygens (including phenoxy) is 1. The lowest BCUT2D eigenvalue weighted by atomic mass is 10.4. The quantitative estimate of drug-likeness (QED) is 0.812. The lowest BCUT2D eigenvalue weighted by Crippen LogP contribution is -2.20. The molecule has 0 saturated carbocycles. The summed E-state index contributed by atoms with van der Waals surface area (Å²) >= 11 is 0. The van der Waals surface area contributed by atoms with E-state index in [1.54, 1.807) is 6.92 Å². The molecule has 1 N–H and O–H groups in total. The highest BCUT2D eigenvalue weighted by molar-refractivity contribution is 5.85. The molecule has 10 heteroatoms. The first kappa shape index (κ1) is 13.1. The Hall–Kier alpha value is -2.39. The maximum Gasteiger partial charge on any atom is 0.433 e. The number of nitrogens with one attached hydrogen (secondary N) is 1. The number of esters is 1. The van der Waals surface area contributed by atoms with Crippen LogP contribution in [-0.4, -0.2) is 32.2 Å². The summed E-state index contributed by atoms with van der Waals surface area (Å²) in [7, 11) is 0. The number of alkyl halides is 3. The second-order valence-corrected chi connectivity index (χ2v) is 3.41. The number of halogens is 3. The highest BCUT2D eigenvalue weighted by atomic mass is 19.4. The zero-order valence-corrected chi connectivity index (χ0v) is 9.48. The number of fused-ring (bicyclic) bond motifs is 1. The summed E-state index contributed by atoms with van der Waals surface area (Å²) < 4.78 is 42.5. The average Bonchev–Trinajstić information content (AvgIpc) is 2.72. The predicted octanol–water partition coefficient (Wildman–Crippen LogP) is 0.613. The minimum atomic E-state index is -4.77. The van der Waals surface area contributed by atoms with E-state index in [1.807, 2.05) is 0 Å². The number of carbonyl (C=O) groups excluding carboxylic acids is 1. The molecule has 19 heavy (non-hydrogen) atoms. The van der Waals surface area contributed by atoms with Crippen LogP contribution in [0.1, 0.15) is 23.2 Å². The number of H-pyrrole nitrogens is 1. The Morgan fingerprint density at radius 2 is 2.16 bits per heavy atom. The molecule has 0 bridgehead atoms. The topological polar surface area (TPSA) is 89.3 Å². The van der Waals surface area contributed by atoms with Crippen molar-refractivity contribution >= 4 is 11.7 Å². The van der Waals surface area contributed by atoms with Gasteiger partial charge in [-0.05, 0) is 6.92 Å². The lowest BCUT2D eigenvalue weighted by molar-refractivity contribution is -0.141. The molecule has 0 atom stereocenters. The van der Waals surface area contributed by atoms with Crippen LogP contribution < -0.4 is 5.56 Å². The van der Waals surface area contributed by atoms with Gasteiger partial charge in [-0.1, -0.05) is 0 Å². The fourth-order valence-electron chi connectivity index (χ4n) is 1.32. The first-order chi connectivity index (χ1) is 8.82. The summed E-state index contributed by atoms with van der Waals surface area (Å²) in [4.78, 5) is 29.4. The Balaban J connectivity index is 2.57. The monoisotopic (exact) mass is 276 g/mol. The molecule has 2 rings (SSSR count). The van der Waals surface area contributed by atoms with Gasteiger partial charge in [0.05, 0.1) is 6.61 Å². The molecule has 2 aromatic heterocycles. The average molecular weight is 276 g/mol. The normalized spacial score (nSPS) is 11.8. The molecule has 0 aliphatic carbocycles. The maximum atomic E-state index is 12.4. The number of carbonyl (C=O) groups is 1. The van der Waals surface area contributed by atoms with Gasteiger partial charge in [0.2, 0.25) is 5.82 Å². The van der Waals surface area contributed by atoms with Crippen molar-refractivity contribution in [2.75, 3.05) is 6.61 Å². The third-order valence-electron chi connectivity index (χ3n) is 2.09. The van der Waals surface area contributed by atoms with E-state index in [-0.39, 0.29) is 6.61 Å².